The lowest BCUT2D eigenvalue weighted by Gasteiger charge is -2.30. The topological polar surface area (TPSA) is 73.8 Å². The summed E-state index contributed by atoms with van der Waals surface area (Å²) in [6.07, 6.45) is -1.23. The van der Waals surface area contributed by atoms with Crippen LogP contribution in [0.1, 0.15) is 25.5 Å². The van der Waals surface area contributed by atoms with E-state index >= 15 is 0 Å². The monoisotopic (exact) mass is 427 g/mol. The Balaban J connectivity index is 2.29. The number of carbonyl (C=O) groups is 1. The van der Waals surface area contributed by atoms with Gasteiger partial charge in [-0.2, -0.15) is 5.10 Å². The van der Waals surface area contributed by atoms with Crippen molar-refractivity contribution in [1.29, 1.82) is 0 Å². The zero-order valence-electron chi connectivity index (χ0n) is 14.7. The smallest absolute Gasteiger partial charge is 0.354 e. The predicted octanol–water partition coefficient (Wildman–Crippen LogP) is 4.72. The molecule has 0 amide bonds. The summed E-state index contributed by atoms with van der Waals surface area (Å²) in [4.78, 5) is 12.3. The molecule has 0 aliphatic heterocycles. The van der Waals surface area contributed by atoms with E-state index in [-0.39, 0.29) is 12.3 Å². The molecule has 2 aromatic rings. The summed E-state index contributed by atoms with van der Waals surface area (Å²) in [5, 5.41) is 18.2. The van der Waals surface area contributed by atoms with Gasteiger partial charge in [0.05, 0.1) is 17.3 Å². The first-order valence-corrected chi connectivity index (χ1v) is 9.34. The van der Waals surface area contributed by atoms with Gasteiger partial charge in [-0.05, 0) is 43.2 Å². The molecule has 0 aliphatic rings. The zero-order chi connectivity index (χ0) is 20.0. The van der Waals surface area contributed by atoms with Gasteiger partial charge in [-0.25, -0.2) is 4.79 Å². The minimum absolute atomic E-state index is 0.0298. The minimum atomic E-state index is -1.23. The van der Waals surface area contributed by atoms with Gasteiger partial charge >= 0.3 is 5.97 Å². The number of hydrogen-bond acceptors (Lipinski definition) is 5. The van der Waals surface area contributed by atoms with Crippen molar-refractivity contribution in [3.05, 3.63) is 63.1 Å². The Hall–Kier alpha value is -1.79. The van der Waals surface area contributed by atoms with Gasteiger partial charge in [-0.3, -0.25) is 5.43 Å². The molecule has 0 saturated carbocycles. The van der Waals surface area contributed by atoms with Crippen molar-refractivity contribution < 1.29 is 14.6 Å². The molecule has 0 fully saturated rings. The number of esters is 1. The summed E-state index contributed by atoms with van der Waals surface area (Å²) < 4.78 is 5.04. The first kappa shape index (κ1) is 21.5. The molecule has 2 aromatic carbocycles. The highest BCUT2D eigenvalue weighted by Gasteiger charge is 2.23. The number of rotatable bonds is 7. The van der Waals surface area contributed by atoms with Crippen molar-refractivity contribution in [3.8, 4) is 0 Å². The second-order valence-corrected chi connectivity index (χ2v) is 6.99. The van der Waals surface area contributed by atoms with Crippen LogP contribution >= 0.6 is 34.8 Å². The molecule has 144 valence electrons. The standard InChI is InChI=1S/C19H18Cl3N2O3/c1-3-27-19(26)17(24-23-16-9-8-14(21)10-15(16)22)11(2)18(25)12-4-6-13(20)7-5-12/h4-11,18,23H,3H2,1-2H3/q-1/b24-17+. The Labute approximate surface area is 172 Å². The van der Waals surface area contributed by atoms with Crippen molar-refractivity contribution in [3.63, 3.8) is 0 Å². The van der Waals surface area contributed by atoms with Crippen LogP contribution in [-0.4, -0.2) is 18.3 Å². The van der Waals surface area contributed by atoms with Crippen LogP contribution in [0.25, 0.3) is 0 Å². The van der Waals surface area contributed by atoms with Gasteiger partial charge in [-0.1, -0.05) is 65.5 Å². The molecule has 0 spiro atoms. The molecule has 2 rings (SSSR count). The fourth-order valence-corrected chi connectivity index (χ4v) is 2.90. The lowest BCUT2D eigenvalue weighted by atomic mass is 9.93. The molecule has 27 heavy (non-hydrogen) atoms. The molecule has 5 nitrogen and oxygen atoms in total. The summed E-state index contributed by atoms with van der Waals surface area (Å²) in [6.45, 7) is 3.46. The van der Waals surface area contributed by atoms with Crippen molar-refractivity contribution in [2.24, 2.45) is 11.0 Å². The molecule has 0 heterocycles. The molecule has 0 aromatic heterocycles. The first-order valence-electron chi connectivity index (χ1n) is 8.20. The van der Waals surface area contributed by atoms with Crippen molar-refractivity contribution >= 4 is 52.2 Å². The van der Waals surface area contributed by atoms with Crippen LogP contribution in [0.4, 0.5) is 5.69 Å². The fraction of sp³-hybridized carbons (Fsp3) is 0.263. The van der Waals surface area contributed by atoms with Crippen LogP contribution in [0.5, 0.6) is 0 Å². The minimum Gasteiger partial charge on any atom is -0.848 e. The van der Waals surface area contributed by atoms with Gasteiger partial charge in [0.2, 0.25) is 0 Å². The number of hydrazone groups is 1. The Morgan fingerprint density at radius 3 is 2.37 bits per heavy atom. The number of nitrogens with one attached hydrogen (secondary N) is 1. The SMILES string of the molecule is CCOC(=O)/C(=N/Nc1ccc(Cl)cc1Cl)C(C)C([O-])c1ccc(Cl)cc1. The van der Waals surface area contributed by atoms with E-state index in [1.165, 1.54) is 0 Å². The molecule has 0 bridgehead atoms. The number of ether oxygens (including phenoxy) is 1. The highest BCUT2D eigenvalue weighted by molar-refractivity contribution is 6.38. The Morgan fingerprint density at radius 1 is 1.15 bits per heavy atom. The van der Waals surface area contributed by atoms with Gasteiger partial charge in [0.15, 0.2) is 0 Å². The second kappa shape index (κ2) is 9.95. The largest absolute Gasteiger partial charge is 0.848 e. The Bertz CT molecular complexity index is 825. The van der Waals surface area contributed by atoms with E-state index in [1.54, 1.807) is 56.3 Å². The summed E-state index contributed by atoms with van der Waals surface area (Å²) in [5.74, 6) is -1.43. The highest BCUT2D eigenvalue weighted by Crippen LogP contribution is 2.26. The lowest BCUT2D eigenvalue weighted by molar-refractivity contribution is -0.433. The third-order valence-electron chi connectivity index (χ3n) is 3.80. The number of halogens is 3. The molecule has 2 unspecified atom stereocenters. The van der Waals surface area contributed by atoms with Crippen LogP contribution in [0.3, 0.4) is 0 Å². The highest BCUT2D eigenvalue weighted by atomic mass is 35.5. The van der Waals surface area contributed by atoms with Crippen LogP contribution < -0.4 is 10.5 Å². The van der Waals surface area contributed by atoms with E-state index in [9.17, 15) is 9.90 Å². The van der Waals surface area contributed by atoms with Crippen LogP contribution in [0, 0.1) is 5.92 Å². The summed E-state index contributed by atoms with van der Waals surface area (Å²) >= 11 is 17.8. The van der Waals surface area contributed by atoms with Crippen LogP contribution in [0.2, 0.25) is 15.1 Å². The summed E-state index contributed by atoms with van der Waals surface area (Å²) in [6, 6.07) is 11.3. The molecule has 8 heteroatoms. The Morgan fingerprint density at radius 2 is 1.78 bits per heavy atom. The lowest BCUT2D eigenvalue weighted by Crippen LogP contribution is -2.35. The normalized spacial score (nSPS) is 13.8. The van der Waals surface area contributed by atoms with E-state index in [0.29, 0.717) is 26.3 Å². The second-order valence-electron chi connectivity index (χ2n) is 5.71. The van der Waals surface area contributed by atoms with Crippen molar-refractivity contribution in [2.45, 2.75) is 20.0 Å². The van der Waals surface area contributed by atoms with Crippen molar-refractivity contribution in [1.82, 2.24) is 0 Å². The average molecular weight is 429 g/mol. The van der Waals surface area contributed by atoms with Crippen LogP contribution in [0.15, 0.2) is 47.6 Å². The molecule has 0 aliphatic carbocycles. The number of hydrogen-bond donors (Lipinski definition) is 1. The molecule has 2 atom stereocenters. The van der Waals surface area contributed by atoms with E-state index in [1.807, 2.05) is 0 Å². The third kappa shape index (κ3) is 5.84. The number of nitrogens with zero attached hydrogens (tertiary/aromatic N) is 1. The molecule has 0 radical (unpaired) electrons. The summed E-state index contributed by atoms with van der Waals surface area (Å²) in [5.41, 5.74) is 3.62. The average Bonchev–Trinajstić information content (AvgIpc) is 2.63. The zero-order valence-corrected chi connectivity index (χ0v) is 17.0. The van der Waals surface area contributed by atoms with Gasteiger partial charge in [0, 0.05) is 10.0 Å². The molecule has 1 N–H and O–H groups in total. The van der Waals surface area contributed by atoms with Gasteiger partial charge < -0.3 is 9.84 Å². The van der Waals surface area contributed by atoms with Crippen LogP contribution in [-0.2, 0) is 9.53 Å². The maximum atomic E-state index is 12.8. The quantitative estimate of drug-likeness (QED) is 0.393. The Kier molecular flexibility index (Phi) is 7.92. The fourth-order valence-electron chi connectivity index (χ4n) is 2.32. The predicted molar refractivity (Wildman–Crippen MR) is 108 cm³/mol. The van der Waals surface area contributed by atoms with E-state index in [4.69, 9.17) is 39.5 Å². The van der Waals surface area contributed by atoms with Gasteiger partial charge in [-0.15, -0.1) is 0 Å². The maximum absolute atomic E-state index is 12.8. The molecular formula is C19H18Cl3N2O3-. The number of anilines is 1. The number of benzene rings is 2. The van der Waals surface area contributed by atoms with Gasteiger partial charge in [0.1, 0.15) is 5.71 Å². The molecular weight excluding hydrogens is 411 g/mol. The van der Waals surface area contributed by atoms with E-state index in [0.717, 1.165) is 0 Å². The third-order valence-corrected chi connectivity index (χ3v) is 4.60. The van der Waals surface area contributed by atoms with E-state index < -0.39 is 18.0 Å². The first-order chi connectivity index (χ1) is 12.8. The van der Waals surface area contributed by atoms with Gasteiger partial charge in [0.25, 0.3) is 0 Å². The molecule has 0 saturated heterocycles. The number of carbonyl (C=O) groups excluding carboxylic acids is 1. The van der Waals surface area contributed by atoms with Crippen molar-refractivity contribution in [2.75, 3.05) is 12.0 Å². The maximum Gasteiger partial charge on any atom is 0.354 e. The summed E-state index contributed by atoms with van der Waals surface area (Å²) in [7, 11) is 0. The van der Waals surface area contributed by atoms with E-state index in [2.05, 4.69) is 10.5 Å².